The van der Waals surface area contributed by atoms with Crippen LogP contribution < -0.4 is 10.6 Å². The molecule has 2 aromatic heterocycles. The first-order valence-corrected chi connectivity index (χ1v) is 9.00. The summed E-state index contributed by atoms with van der Waals surface area (Å²) in [6, 6.07) is 0.400. The number of aromatic nitrogens is 2. The topological polar surface area (TPSA) is 58.4 Å². The van der Waals surface area contributed by atoms with Gasteiger partial charge in [-0.15, -0.1) is 11.3 Å². The largest absolute Gasteiger partial charge is 0.349 e. The van der Waals surface area contributed by atoms with Gasteiger partial charge in [0, 0.05) is 24.2 Å². The summed E-state index contributed by atoms with van der Waals surface area (Å²) in [7, 11) is 0. The van der Waals surface area contributed by atoms with E-state index in [1.54, 1.807) is 11.3 Å². The van der Waals surface area contributed by atoms with Crippen LogP contribution in [0.1, 0.15) is 48.8 Å². The Labute approximate surface area is 135 Å². The van der Waals surface area contributed by atoms with Crippen LogP contribution in [0.15, 0.2) is 11.6 Å². The molecule has 2 atom stereocenters. The van der Waals surface area contributed by atoms with E-state index in [1.807, 2.05) is 22.9 Å². The van der Waals surface area contributed by atoms with Crippen LogP contribution in [0.2, 0.25) is 0 Å². The van der Waals surface area contributed by atoms with Crippen LogP contribution >= 0.6 is 11.3 Å². The molecule has 5 nitrogen and oxygen atoms in total. The van der Waals surface area contributed by atoms with Gasteiger partial charge in [-0.2, -0.15) is 0 Å². The molecule has 0 aliphatic carbocycles. The number of thiazole rings is 1. The van der Waals surface area contributed by atoms with Gasteiger partial charge in [0.25, 0.3) is 5.91 Å². The van der Waals surface area contributed by atoms with Crippen molar-refractivity contribution in [3.8, 4) is 0 Å². The maximum absolute atomic E-state index is 12.5. The van der Waals surface area contributed by atoms with E-state index in [0.717, 1.165) is 23.1 Å². The molecule has 2 aromatic rings. The molecule has 6 heteroatoms. The Bertz CT molecular complexity index is 648. The fourth-order valence-electron chi connectivity index (χ4n) is 3.24. The van der Waals surface area contributed by atoms with Crippen LogP contribution in [0.4, 0.5) is 0 Å². The van der Waals surface area contributed by atoms with Crippen molar-refractivity contribution in [3.05, 3.63) is 23.0 Å². The van der Waals surface area contributed by atoms with Gasteiger partial charge in [-0.1, -0.05) is 19.8 Å². The van der Waals surface area contributed by atoms with Crippen LogP contribution in [-0.4, -0.2) is 34.4 Å². The second-order valence-electron chi connectivity index (χ2n) is 6.16. The highest BCUT2D eigenvalue weighted by Gasteiger charge is 2.24. The van der Waals surface area contributed by atoms with Crippen LogP contribution in [-0.2, 0) is 0 Å². The summed E-state index contributed by atoms with van der Waals surface area (Å²) in [4.78, 5) is 17.8. The molecular formula is C16H24N4OS. The molecule has 1 aliphatic rings. The third-order valence-corrected chi connectivity index (χ3v) is 5.20. The molecule has 0 aromatic carbocycles. The molecule has 3 heterocycles. The van der Waals surface area contributed by atoms with Gasteiger partial charge < -0.3 is 10.6 Å². The molecule has 0 spiro atoms. The Balaban J connectivity index is 1.55. The number of hydrogen-bond donors (Lipinski definition) is 2. The predicted octanol–water partition coefficient (Wildman–Crippen LogP) is 2.60. The number of fused-ring (bicyclic) bond motifs is 1. The SMILES string of the molecule is CCCC[C@H]1CN[C@H](CNC(=O)c2c(C)nc3sccn23)C1. The van der Waals surface area contributed by atoms with E-state index in [9.17, 15) is 4.79 Å². The van der Waals surface area contributed by atoms with E-state index < -0.39 is 0 Å². The molecule has 2 N–H and O–H groups in total. The number of nitrogens with one attached hydrogen (secondary N) is 2. The fourth-order valence-corrected chi connectivity index (χ4v) is 4.00. The third-order valence-electron chi connectivity index (χ3n) is 4.44. The second-order valence-corrected chi connectivity index (χ2v) is 7.03. The number of aryl methyl sites for hydroxylation is 1. The molecule has 1 amide bonds. The lowest BCUT2D eigenvalue weighted by Crippen LogP contribution is -2.37. The highest BCUT2D eigenvalue weighted by molar-refractivity contribution is 7.15. The van der Waals surface area contributed by atoms with Gasteiger partial charge in [0.05, 0.1) is 5.69 Å². The lowest BCUT2D eigenvalue weighted by molar-refractivity contribution is 0.0943. The zero-order chi connectivity index (χ0) is 15.5. The quantitative estimate of drug-likeness (QED) is 0.860. The summed E-state index contributed by atoms with van der Waals surface area (Å²) < 4.78 is 1.88. The summed E-state index contributed by atoms with van der Waals surface area (Å²) in [5, 5.41) is 8.55. The van der Waals surface area contributed by atoms with E-state index in [4.69, 9.17) is 0 Å². The fraction of sp³-hybridized carbons (Fsp3) is 0.625. The monoisotopic (exact) mass is 320 g/mol. The minimum absolute atomic E-state index is 0.0257. The van der Waals surface area contributed by atoms with Gasteiger partial charge in [-0.25, -0.2) is 4.98 Å². The maximum atomic E-state index is 12.5. The first-order chi connectivity index (χ1) is 10.7. The number of hydrogen-bond acceptors (Lipinski definition) is 4. The molecule has 0 unspecified atom stereocenters. The zero-order valence-corrected chi connectivity index (χ0v) is 14.1. The average Bonchev–Trinajstić information content (AvgIpc) is 3.18. The molecular weight excluding hydrogens is 296 g/mol. The third kappa shape index (κ3) is 3.17. The summed E-state index contributed by atoms with van der Waals surface area (Å²) in [6.45, 7) is 5.90. The van der Waals surface area contributed by atoms with Crippen molar-refractivity contribution in [3.63, 3.8) is 0 Å². The number of carbonyl (C=O) groups is 1. The van der Waals surface area contributed by atoms with Crippen LogP contribution in [0.5, 0.6) is 0 Å². The standard InChI is InChI=1S/C16H24N4OS/c1-3-4-5-12-8-13(17-9-12)10-18-15(21)14-11(2)19-16-20(14)6-7-22-16/h6-7,12-13,17H,3-5,8-10H2,1-2H3,(H,18,21)/t12-,13+/m1/s1. The number of rotatable bonds is 6. The van der Waals surface area contributed by atoms with Gasteiger partial charge in [-0.3, -0.25) is 9.20 Å². The minimum Gasteiger partial charge on any atom is -0.349 e. The minimum atomic E-state index is -0.0257. The van der Waals surface area contributed by atoms with E-state index in [1.165, 1.54) is 25.7 Å². The van der Waals surface area contributed by atoms with E-state index in [2.05, 4.69) is 22.5 Å². The van der Waals surface area contributed by atoms with Crippen molar-refractivity contribution in [1.29, 1.82) is 0 Å². The highest BCUT2D eigenvalue weighted by atomic mass is 32.1. The first kappa shape index (κ1) is 15.5. The molecule has 1 saturated heterocycles. The van der Waals surface area contributed by atoms with Crippen molar-refractivity contribution < 1.29 is 4.79 Å². The van der Waals surface area contributed by atoms with Crippen molar-refractivity contribution in [2.45, 2.75) is 45.6 Å². The number of unbranched alkanes of at least 4 members (excludes halogenated alkanes) is 1. The number of carbonyl (C=O) groups excluding carboxylic acids is 1. The van der Waals surface area contributed by atoms with Gasteiger partial charge in [0.2, 0.25) is 0 Å². The number of nitrogens with zero attached hydrogens (tertiary/aromatic N) is 2. The molecule has 3 rings (SSSR count). The lowest BCUT2D eigenvalue weighted by Gasteiger charge is -2.12. The van der Waals surface area contributed by atoms with Gasteiger partial charge in [0.15, 0.2) is 4.96 Å². The molecule has 0 radical (unpaired) electrons. The van der Waals surface area contributed by atoms with Crippen molar-refractivity contribution >= 4 is 22.2 Å². The van der Waals surface area contributed by atoms with Crippen molar-refractivity contribution in [1.82, 2.24) is 20.0 Å². The van der Waals surface area contributed by atoms with E-state index in [0.29, 0.717) is 18.3 Å². The summed E-state index contributed by atoms with van der Waals surface area (Å²) >= 11 is 1.55. The average molecular weight is 320 g/mol. The van der Waals surface area contributed by atoms with E-state index in [-0.39, 0.29) is 5.91 Å². The van der Waals surface area contributed by atoms with Gasteiger partial charge in [0.1, 0.15) is 5.69 Å². The number of imidazole rings is 1. The van der Waals surface area contributed by atoms with Crippen molar-refractivity contribution in [2.24, 2.45) is 5.92 Å². The lowest BCUT2D eigenvalue weighted by atomic mass is 9.99. The summed E-state index contributed by atoms with van der Waals surface area (Å²) in [6.07, 6.45) is 6.93. The van der Waals surface area contributed by atoms with Crippen LogP contribution in [0, 0.1) is 12.8 Å². The normalized spacial score (nSPS) is 21.5. The van der Waals surface area contributed by atoms with E-state index >= 15 is 0 Å². The molecule has 120 valence electrons. The molecule has 1 aliphatic heterocycles. The predicted molar refractivity (Wildman–Crippen MR) is 89.6 cm³/mol. The Morgan fingerprint density at radius 2 is 2.45 bits per heavy atom. The Morgan fingerprint density at radius 1 is 1.59 bits per heavy atom. The summed E-state index contributed by atoms with van der Waals surface area (Å²) in [5.74, 6) is 0.740. The van der Waals surface area contributed by atoms with Crippen LogP contribution in [0.25, 0.3) is 4.96 Å². The maximum Gasteiger partial charge on any atom is 0.270 e. The Kier molecular flexibility index (Phi) is 4.78. The van der Waals surface area contributed by atoms with Gasteiger partial charge in [-0.05, 0) is 32.2 Å². The smallest absolute Gasteiger partial charge is 0.270 e. The highest BCUT2D eigenvalue weighted by Crippen LogP contribution is 2.20. The molecule has 22 heavy (non-hydrogen) atoms. The van der Waals surface area contributed by atoms with Gasteiger partial charge >= 0.3 is 0 Å². The Hall–Kier alpha value is -1.40. The molecule has 0 saturated carbocycles. The molecule has 0 bridgehead atoms. The van der Waals surface area contributed by atoms with Crippen LogP contribution in [0.3, 0.4) is 0 Å². The zero-order valence-electron chi connectivity index (χ0n) is 13.3. The Morgan fingerprint density at radius 3 is 3.27 bits per heavy atom. The molecule has 1 fully saturated rings. The first-order valence-electron chi connectivity index (χ1n) is 8.12. The van der Waals surface area contributed by atoms with Crippen molar-refractivity contribution in [2.75, 3.05) is 13.1 Å². The number of amides is 1. The second kappa shape index (κ2) is 6.79. The summed E-state index contributed by atoms with van der Waals surface area (Å²) in [5.41, 5.74) is 1.46.